The summed E-state index contributed by atoms with van der Waals surface area (Å²) < 4.78 is 5.33. The van der Waals surface area contributed by atoms with Crippen LogP contribution in [0.3, 0.4) is 0 Å². The summed E-state index contributed by atoms with van der Waals surface area (Å²) in [5, 5.41) is 3.61. The molecule has 96 valence electrons. The van der Waals surface area contributed by atoms with Crippen LogP contribution in [0.4, 0.5) is 0 Å². The molecule has 1 aliphatic carbocycles. The predicted octanol–water partition coefficient (Wildman–Crippen LogP) is 3.36. The SMILES string of the molecule is CCOCCCNC(C)CC1CCCCC1. The van der Waals surface area contributed by atoms with E-state index in [1.807, 2.05) is 0 Å². The lowest BCUT2D eigenvalue weighted by Gasteiger charge is -2.25. The van der Waals surface area contributed by atoms with Gasteiger partial charge in [-0.05, 0) is 39.2 Å². The van der Waals surface area contributed by atoms with Gasteiger partial charge in [0.1, 0.15) is 0 Å². The summed E-state index contributed by atoms with van der Waals surface area (Å²) >= 11 is 0. The molecule has 0 radical (unpaired) electrons. The Morgan fingerprint density at radius 1 is 1.25 bits per heavy atom. The van der Waals surface area contributed by atoms with Crippen molar-refractivity contribution in [3.8, 4) is 0 Å². The van der Waals surface area contributed by atoms with Crippen molar-refractivity contribution in [2.24, 2.45) is 5.92 Å². The van der Waals surface area contributed by atoms with E-state index >= 15 is 0 Å². The van der Waals surface area contributed by atoms with Crippen LogP contribution in [-0.4, -0.2) is 25.8 Å². The standard InChI is InChI=1S/C14H29NO/c1-3-16-11-7-10-15-13(2)12-14-8-5-4-6-9-14/h13-15H,3-12H2,1-2H3. The molecule has 1 fully saturated rings. The van der Waals surface area contributed by atoms with Gasteiger partial charge in [-0.3, -0.25) is 0 Å². The zero-order valence-corrected chi connectivity index (χ0v) is 11.1. The van der Waals surface area contributed by atoms with Crippen LogP contribution in [0.5, 0.6) is 0 Å². The van der Waals surface area contributed by atoms with Crippen LogP contribution >= 0.6 is 0 Å². The summed E-state index contributed by atoms with van der Waals surface area (Å²) in [6, 6.07) is 0.685. The highest BCUT2D eigenvalue weighted by molar-refractivity contribution is 4.71. The van der Waals surface area contributed by atoms with Crippen molar-refractivity contribution in [2.75, 3.05) is 19.8 Å². The smallest absolute Gasteiger partial charge is 0.0477 e. The second-order valence-electron chi connectivity index (χ2n) is 5.15. The highest BCUT2D eigenvalue weighted by atomic mass is 16.5. The first-order chi connectivity index (χ1) is 7.83. The second-order valence-corrected chi connectivity index (χ2v) is 5.15. The fourth-order valence-corrected chi connectivity index (χ4v) is 2.67. The molecule has 0 aliphatic heterocycles. The van der Waals surface area contributed by atoms with E-state index in [4.69, 9.17) is 4.74 Å². The van der Waals surface area contributed by atoms with Crippen molar-refractivity contribution < 1.29 is 4.74 Å². The summed E-state index contributed by atoms with van der Waals surface area (Å²) in [5.74, 6) is 0.989. The van der Waals surface area contributed by atoms with Crippen LogP contribution in [0.1, 0.15) is 58.8 Å². The van der Waals surface area contributed by atoms with Crippen LogP contribution < -0.4 is 5.32 Å². The molecule has 2 heteroatoms. The van der Waals surface area contributed by atoms with Crippen molar-refractivity contribution in [1.29, 1.82) is 0 Å². The van der Waals surface area contributed by atoms with E-state index in [0.717, 1.165) is 32.1 Å². The molecule has 0 bridgehead atoms. The van der Waals surface area contributed by atoms with Gasteiger partial charge in [0.15, 0.2) is 0 Å². The number of hydrogen-bond acceptors (Lipinski definition) is 2. The molecule has 16 heavy (non-hydrogen) atoms. The van der Waals surface area contributed by atoms with Gasteiger partial charge in [-0.2, -0.15) is 0 Å². The van der Waals surface area contributed by atoms with Crippen molar-refractivity contribution in [3.63, 3.8) is 0 Å². The Bertz CT molecular complexity index is 155. The van der Waals surface area contributed by atoms with Gasteiger partial charge in [-0.1, -0.05) is 32.1 Å². The molecule has 2 nitrogen and oxygen atoms in total. The molecule has 0 amide bonds. The van der Waals surface area contributed by atoms with Gasteiger partial charge in [-0.25, -0.2) is 0 Å². The average Bonchev–Trinajstić information content (AvgIpc) is 2.30. The van der Waals surface area contributed by atoms with Crippen molar-refractivity contribution in [2.45, 2.75) is 64.8 Å². The minimum Gasteiger partial charge on any atom is -0.382 e. The number of nitrogens with one attached hydrogen (secondary N) is 1. The molecule has 0 aromatic rings. The Morgan fingerprint density at radius 3 is 2.69 bits per heavy atom. The van der Waals surface area contributed by atoms with Crippen molar-refractivity contribution >= 4 is 0 Å². The van der Waals surface area contributed by atoms with E-state index in [2.05, 4.69) is 19.2 Å². The predicted molar refractivity (Wildman–Crippen MR) is 69.8 cm³/mol. The highest BCUT2D eigenvalue weighted by Crippen LogP contribution is 2.27. The van der Waals surface area contributed by atoms with Gasteiger partial charge < -0.3 is 10.1 Å². The lowest BCUT2D eigenvalue weighted by atomic mass is 9.85. The monoisotopic (exact) mass is 227 g/mol. The van der Waals surface area contributed by atoms with E-state index in [1.165, 1.54) is 38.5 Å². The van der Waals surface area contributed by atoms with E-state index in [1.54, 1.807) is 0 Å². The van der Waals surface area contributed by atoms with E-state index in [0.29, 0.717) is 6.04 Å². The normalized spacial score (nSPS) is 19.9. The molecule has 0 spiro atoms. The summed E-state index contributed by atoms with van der Waals surface area (Å²) in [6.07, 6.45) is 9.82. The van der Waals surface area contributed by atoms with E-state index in [-0.39, 0.29) is 0 Å². The third kappa shape index (κ3) is 6.49. The van der Waals surface area contributed by atoms with Gasteiger partial charge in [0, 0.05) is 19.3 Å². The Kier molecular flexibility index (Phi) is 7.87. The Labute approximate surface area is 101 Å². The molecular formula is C14H29NO. The Morgan fingerprint density at radius 2 is 2.00 bits per heavy atom. The summed E-state index contributed by atoms with van der Waals surface area (Å²) in [6.45, 7) is 7.24. The maximum Gasteiger partial charge on any atom is 0.0477 e. The maximum atomic E-state index is 5.33. The first-order valence-electron chi connectivity index (χ1n) is 7.14. The molecule has 1 rings (SSSR count). The average molecular weight is 227 g/mol. The Hall–Kier alpha value is -0.0800. The van der Waals surface area contributed by atoms with Crippen LogP contribution in [-0.2, 0) is 4.74 Å². The number of rotatable bonds is 8. The fourth-order valence-electron chi connectivity index (χ4n) is 2.67. The molecule has 0 heterocycles. The molecule has 1 atom stereocenters. The first kappa shape index (κ1) is 14.0. The molecule has 1 aliphatic rings. The van der Waals surface area contributed by atoms with E-state index < -0.39 is 0 Å². The van der Waals surface area contributed by atoms with Gasteiger partial charge >= 0.3 is 0 Å². The van der Waals surface area contributed by atoms with Crippen molar-refractivity contribution in [1.82, 2.24) is 5.32 Å². The van der Waals surface area contributed by atoms with Gasteiger partial charge in [0.05, 0.1) is 0 Å². The van der Waals surface area contributed by atoms with Crippen LogP contribution in [0.15, 0.2) is 0 Å². The van der Waals surface area contributed by atoms with Gasteiger partial charge in [-0.15, -0.1) is 0 Å². The minimum atomic E-state index is 0.685. The number of ether oxygens (including phenoxy) is 1. The molecule has 1 N–H and O–H groups in total. The van der Waals surface area contributed by atoms with Crippen LogP contribution in [0.2, 0.25) is 0 Å². The lowest BCUT2D eigenvalue weighted by molar-refractivity contribution is 0.143. The highest BCUT2D eigenvalue weighted by Gasteiger charge is 2.15. The van der Waals surface area contributed by atoms with Crippen LogP contribution in [0.25, 0.3) is 0 Å². The maximum absolute atomic E-state index is 5.33. The molecule has 0 aromatic heterocycles. The fraction of sp³-hybridized carbons (Fsp3) is 1.00. The molecule has 1 unspecified atom stereocenters. The zero-order valence-electron chi connectivity index (χ0n) is 11.1. The van der Waals surface area contributed by atoms with E-state index in [9.17, 15) is 0 Å². The molecular weight excluding hydrogens is 198 g/mol. The first-order valence-corrected chi connectivity index (χ1v) is 7.14. The summed E-state index contributed by atoms with van der Waals surface area (Å²) in [5.41, 5.74) is 0. The third-order valence-corrected chi connectivity index (χ3v) is 3.57. The quantitative estimate of drug-likeness (QED) is 0.642. The minimum absolute atomic E-state index is 0.685. The second kappa shape index (κ2) is 9.00. The lowest BCUT2D eigenvalue weighted by Crippen LogP contribution is -2.30. The molecule has 0 aromatic carbocycles. The Balaban J connectivity index is 1.95. The summed E-state index contributed by atoms with van der Waals surface area (Å²) in [7, 11) is 0. The topological polar surface area (TPSA) is 21.3 Å². The largest absolute Gasteiger partial charge is 0.382 e. The van der Waals surface area contributed by atoms with Crippen LogP contribution in [0, 0.1) is 5.92 Å². The molecule has 1 saturated carbocycles. The van der Waals surface area contributed by atoms with Gasteiger partial charge in [0.2, 0.25) is 0 Å². The third-order valence-electron chi connectivity index (χ3n) is 3.57. The molecule has 0 saturated heterocycles. The van der Waals surface area contributed by atoms with Gasteiger partial charge in [0.25, 0.3) is 0 Å². The summed E-state index contributed by atoms with van der Waals surface area (Å²) in [4.78, 5) is 0. The number of hydrogen-bond donors (Lipinski definition) is 1. The van der Waals surface area contributed by atoms with Crippen molar-refractivity contribution in [3.05, 3.63) is 0 Å². The zero-order chi connectivity index (χ0) is 11.6.